The maximum absolute atomic E-state index is 11.8. The number of aromatic amines is 1. The predicted octanol–water partition coefficient (Wildman–Crippen LogP) is 3.69. The summed E-state index contributed by atoms with van der Waals surface area (Å²) in [6.07, 6.45) is 6.52. The zero-order chi connectivity index (χ0) is 17.2. The molecule has 0 bridgehead atoms. The fraction of sp³-hybridized carbons (Fsp3) is 0.312. The molecule has 1 amide bonds. The van der Waals surface area contributed by atoms with Crippen LogP contribution in [0.25, 0.3) is 5.52 Å². The van der Waals surface area contributed by atoms with Gasteiger partial charge >= 0.3 is 0 Å². The SMILES string of the molecule is CC.CC.O=C(NCc1ncn2ccc(Cl)cc12)c1cn[nH]c1. The first-order valence-electron chi connectivity index (χ1n) is 7.62. The van der Waals surface area contributed by atoms with E-state index < -0.39 is 0 Å². The second-order valence-corrected chi connectivity index (χ2v) is 4.43. The Morgan fingerprint density at radius 1 is 1.35 bits per heavy atom. The molecule has 3 heterocycles. The number of imidazole rings is 1. The molecule has 0 aliphatic heterocycles. The van der Waals surface area contributed by atoms with Crippen molar-refractivity contribution in [3.05, 3.63) is 53.3 Å². The third-order valence-corrected chi connectivity index (χ3v) is 2.99. The van der Waals surface area contributed by atoms with Crippen LogP contribution in [0.4, 0.5) is 0 Å². The van der Waals surface area contributed by atoms with Gasteiger partial charge in [-0.15, -0.1) is 0 Å². The average Bonchev–Trinajstić information content (AvgIpc) is 3.26. The molecule has 3 rings (SSSR count). The lowest BCUT2D eigenvalue weighted by atomic mass is 10.3. The molecule has 0 saturated heterocycles. The summed E-state index contributed by atoms with van der Waals surface area (Å²) >= 11 is 5.95. The molecule has 2 N–H and O–H groups in total. The Kier molecular flexibility index (Phi) is 7.83. The van der Waals surface area contributed by atoms with Gasteiger partial charge < -0.3 is 9.72 Å². The normalized spacial score (nSPS) is 9.43. The second kappa shape index (κ2) is 9.63. The van der Waals surface area contributed by atoms with Crippen molar-refractivity contribution >= 4 is 23.0 Å². The van der Waals surface area contributed by atoms with Crippen molar-refractivity contribution in [3.63, 3.8) is 0 Å². The van der Waals surface area contributed by atoms with E-state index in [-0.39, 0.29) is 5.91 Å². The Bertz CT molecular complexity index is 721. The minimum Gasteiger partial charge on any atom is -0.346 e. The highest BCUT2D eigenvalue weighted by Gasteiger charge is 2.09. The summed E-state index contributed by atoms with van der Waals surface area (Å²) in [5, 5.41) is 9.74. The number of hydrogen-bond acceptors (Lipinski definition) is 3. The van der Waals surface area contributed by atoms with Gasteiger partial charge in [0.2, 0.25) is 0 Å². The zero-order valence-corrected chi connectivity index (χ0v) is 14.6. The number of nitrogens with zero attached hydrogens (tertiary/aromatic N) is 3. The van der Waals surface area contributed by atoms with Crippen molar-refractivity contribution in [1.29, 1.82) is 0 Å². The monoisotopic (exact) mass is 335 g/mol. The van der Waals surface area contributed by atoms with Gasteiger partial charge in [0, 0.05) is 17.4 Å². The number of carbonyl (C=O) groups is 1. The first kappa shape index (κ1) is 18.7. The standard InChI is InChI=1S/C12H10ClN5O.2C2H6/c13-9-1-2-18-7-15-10(11(18)3-9)6-14-12(19)8-4-16-17-5-8;2*1-2/h1-5,7H,6H2,(H,14,19)(H,16,17);2*1-2H3. The summed E-state index contributed by atoms with van der Waals surface area (Å²) in [5.41, 5.74) is 2.13. The smallest absolute Gasteiger partial charge is 0.254 e. The van der Waals surface area contributed by atoms with E-state index in [1.165, 1.54) is 12.4 Å². The highest BCUT2D eigenvalue weighted by Crippen LogP contribution is 2.15. The molecule has 0 radical (unpaired) electrons. The lowest BCUT2D eigenvalue weighted by molar-refractivity contribution is 0.0950. The Hall–Kier alpha value is -2.34. The maximum Gasteiger partial charge on any atom is 0.254 e. The third-order valence-electron chi connectivity index (χ3n) is 2.76. The molecule has 0 unspecified atom stereocenters. The van der Waals surface area contributed by atoms with Gasteiger partial charge in [-0.1, -0.05) is 39.3 Å². The summed E-state index contributed by atoms with van der Waals surface area (Å²) in [7, 11) is 0. The van der Waals surface area contributed by atoms with E-state index in [4.69, 9.17) is 11.6 Å². The average molecular weight is 336 g/mol. The van der Waals surface area contributed by atoms with Crippen LogP contribution in [0.15, 0.2) is 37.1 Å². The minimum absolute atomic E-state index is 0.197. The molecule has 0 aromatic carbocycles. The van der Waals surface area contributed by atoms with Gasteiger partial charge in [0.15, 0.2) is 0 Å². The van der Waals surface area contributed by atoms with Crippen molar-refractivity contribution in [2.45, 2.75) is 34.2 Å². The van der Waals surface area contributed by atoms with E-state index in [0.717, 1.165) is 11.2 Å². The predicted molar refractivity (Wildman–Crippen MR) is 92.7 cm³/mol. The van der Waals surface area contributed by atoms with Crippen molar-refractivity contribution in [1.82, 2.24) is 24.9 Å². The molecule has 7 heteroatoms. The number of fused-ring (bicyclic) bond motifs is 1. The van der Waals surface area contributed by atoms with Crippen LogP contribution in [0, 0.1) is 0 Å². The highest BCUT2D eigenvalue weighted by molar-refractivity contribution is 6.30. The third kappa shape index (κ3) is 4.82. The molecule has 0 aliphatic rings. The summed E-state index contributed by atoms with van der Waals surface area (Å²) in [6.45, 7) is 8.33. The van der Waals surface area contributed by atoms with Gasteiger partial charge in [-0.2, -0.15) is 5.10 Å². The molecule has 3 aromatic heterocycles. The molecule has 3 aromatic rings. The van der Waals surface area contributed by atoms with Gasteiger partial charge in [-0.05, 0) is 12.1 Å². The van der Waals surface area contributed by atoms with Crippen LogP contribution in [0.3, 0.4) is 0 Å². The zero-order valence-electron chi connectivity index (χ0n) is 13.8. The van der Waals surface area contributed by atoms with Crippen molar-refractivity contribution in [2.75, 3.05) is 0 Å². The van der Waals surface area contributed by atoms with Gasteiger partial charge in [-0.3, -0.25) is 9.89 Å². The van der Waals surface area contributed by atoms with Crippen LogP contribution in [0.5, 0.6) is 0 Å². The Balaban J connectivity index is 0.000000615. The number of aromatic nitrogens is 4. The Morgan fingerprint density at radius 2 is 2.09 bits per heavy atom. The van der Waals surface area contributed by atoms with Crippen LogP contribution in [0.1, 0.15) is 43.7 Å². The van der Waals surface area contributed by atoms with Crippen molar-refractivity contribution in [3.8, 4) is 0 Å². The number of rotatable bonds is 3. The van der Waals surface area contributed by atoms with Gasteiger partial charge in [0.05, 0.1) is 35.8 Å². The summed E-state index contributed by atoms with van der Waals surface area (Å²) in [6, 6.07) is 3.60. The quantitative estimate of drug-likeness (QED) is 0.766. The van der Waals surface area contributed by atoms with E-state index in [9.17, 15) is 4.79 Å². The number of carbonyl (C=O) groups excluding carboxylic acids is 1. The number of pyridine rings is 1. The number of nitrogens with one attached hydrogen (secondary N) is 2. The Morgan fingerprint density at radius 3 is 2.74 bits per heavy atom. The van der Waals surface area contributed by atoms with E-state index in [0.29, 0.717) is 17.1 Å². The van der Waals surface area contributed by atoms with Crippen LogP contribution in [-0.2, 0) is 6.54 Å². The van der Waals surface area contributed by atoms with Gasteiger partial charge in [0.1, 0.15) is 0 Å². The van der Waals surface area contributed by atoms with Crippen LogP contribution >= 0.6 is 11.6 Å². The number of amides is 1. The minimum atomic E-state index is -0.197. The molecule has 23 heavy (non-hydrogen) atoms. The number of halogens is 1. The van der Waals surface area contributed by atoms with Crippen LogP contribution < -0.4 is 5.32 Å². The topological polar surface area (TPSA) is 75.1 Å². The molecule has 0 fully saturated rings. The fourth-order valence-corrected chi connectivity index (χ4v) is 1.95. The largest absolute Gasteiger partial charge is 0.346 e. The summed E-state index contributed by atoms with van der Waals surface area (Å²) in [4.78, 5) is 16.0. The maximum atomic E-state index is 11.8. The fourth-order valence-electron chi connectivity index (χ4n) is 1.79. The summed E-state index contributed by atoms with van der Waals surface area (Å²) < 4.78 is 1.85. The van der Waals surface area contributed by atoms with Crippen molar-refractivity contribution in [2.24, 2.45) is 0 Å². The van der Waals surface area contributed by atoms with E-state index in [1.54, 1.807) is 12.4 Å². The molecular weight excluding hydrogens is 314 g/mol. The van der Waals surface area contributed by atoms with E-state index in [1.807, 2.05) is 44.4 Å². The van der Waals surface area contributed by atoms with E-state index >= 15 is 0 Å². The molecule has 0 saturated carbocycles. The van der Waals surface area contributed by atoms with E-state index in [2.05, 4.69) is 20.5 Å². The number of hydrogen-bond donors (Lipinski definition) is 2. The first-order valence-corrected chi connectivity index (χ1v) is 8.00. The van der Waals surface area contributed by atoms with Gasteiger partial charge in [0.25, 0.3) is 5.91 Å². The lowest BCUT2D eigenvalue weighted by Gasteiger charge is -2.02. The molecule has 0 aliphatic carbocycles. The van der Waals surface area contributed by atoms with Gasteiger partial charge in [-0.25, -0.2) is 4.98 Å². The lowest BCUT2D eigenvalue weighted by Crippen LogP contribution is -2.22. The van der Waals surface area contributed by atoms with Crippen LogP contribution in [-0.4, -0.2) is 25.5 Å². The first-order chi connectivity index (χ1) is 11.2. The molecule has 0 spiro atoms. The molecule has 0 atom stereocenters. The summed E-state index contributed by atoms with van der Waals surface area (Å²) in [5.74, 6) is -0.197. The second-order valence-electron chi connectivity index (χ2n) is 4.00. The highest BCUT2D eigenvalue weighted by atomic mass is 35.5. The van der Waals surface area contributed by atoms with Crippen LogP contribution in [0.2, 0.25) is 5.02 Å². The number of H-pyrrole nitrogens is 1. The Labute approximate surface area is 140 Å². The molecule has 6 nitrogen and oxygen atoms in total. The molecule has 124 valence electrons. The molecular formula is C16H22ClN5O. The van der Waals surface area contributed by atoms with Crippen molar-refractivity contribution < 1.29 is 4.79 Å².